The van der Waals surface area contributed by atoms with Crippen molar-refractivity contribution in [2.45, 2.75) is 20.4 Å². The van der Waals surface area contributed by atoms with Crippen LogP contribution in [0.3, 0.4) is 0 Å². The predicted octanol–water partition coefficient (Wildman–Crippen LogP) is 3.01. The van der Waals surface area contributed by atoms with Gasteiger partial charge in [0.2, 0.25) is 0 Å². The van der Waals surface area contributed by atoms with Crippen LogP contribution in [0.4, 0.5) is 5.69 Å². The second-order valence-corrected chi connectivity index (χ2v) is 6.53. The molecule has 0 aliphatic heterocycles. The maximum atomic E-state index is 10.8. The molecule has 1 heterocycles. The fourth-order valence-electron chi connectivity index (χ4n) is 2.54. The lowest BCUT2D eigenvalue weighted by atomic mass is 10.1. The minimum atomic E-state index is -1.21. The van der Waals surface area contributed by atoms with Crippen LogP contribution in [0, 0.1) is 13.8 Å². The molecular weight excluding hydrogens is 364 g/mol. The third-order valence-electron chi connectivity index (χ3n) is 4.07. The third kappa shape index (κ3) is 4.54. The van der Waals surface area contributed by atoms with Crippen molar-refractivity contribution in [2.75, 3.05) is 5.43 Å². The van der Waals surface area contributed by atoms with E-state index in [4.69, 9.17) is 11.6 Å². The number of nitrogens with zero attached hydrogens (tertiary/aromatic N) is 3. The van der Waals surface area contributed by atoms with Gasteiger partial charge in [-0.3, -0.25) is 5.43 Å². The number of carboxylic acids is 1. The second kappa shape index (κ2) is 8.05. The number of carbonyl (C=O) groups excluding carboxylic acids is 1. The molecule has 3 rings (SSSR count). The van der Waals surface area contributed by atoms with Gasteiger partial charge in [-0.2, -0.15) is 10.2 Å². The fraction of sp³-hybridized carbons (Fsp3) is 0.150. The van der Waals surface area contributed by atoms with Gasteiger partial charge < -0.3 is 9.90 Å². The highest BCUT2D eigenvalue weighted by molar-refractivity contribution is 6.32. The van der Waals surface area contributed by atoms with Gasteiger partial charge in [-0.15, -0.1) is 0 Å². The monoisotopic (exact) mass is 381 g/mol. The summed E-state index contributed by atoms with van der Waals surface area (Å²) in [5.74, 6) is -1.21. The summed E-state index contributed by atoms with van der Waals surface area (Å²) in [6, 6.07) is 14.3. The van der Waals surface area contributed by atoms with Crippen LogP contribution in [-0.4, -0.2) is 22.0 Å². The number of carbonyl (C=O) groups is 1. The molecule has 0 fully saturated rings. The number of benzene rings is 2. The number of aromatic nitrogens is 2. The number of aromatic carboxylic acids is 1. The molecule has 0 aliphatic rings. The number of rotatable bonds is 6. The zero-order valence-electron chi connectivity index (χ0n) is 14.9. The summed E-state index contributed by atoms with van der Waals surface area (Å²) < 4.78 is 1.73. The van der Waals surface area contributed by atoms with Crippen molar-refractivity contribution in [1.82, 2.24) is 9.78 Å². The number of nitrogens with one attached hydrogen (secondary N) is 1. The first-order chi connectivity index (χ1) is 12.9. The van der Waals surface area contributed by atoms with E-state index in [1.807, 2.05) is 26.0 Å². The smallest absolute Gasteiger partial charge is 0.136 e. The first kappa shape index (κ1) is 18.7. The first-order valence-corrected chi connectivity index (χ1v) is 8.71. The molecule has 0 aliphatic carbocycles. The Morgan fingerprint density at radius 3 is 2.48 bits per heavy atom. The Labute approximate surface area is 162 Å². The predicted molar refractivity (Wildman–Crippen MR) is 104 cm³/mol. The van der Waals surface area contributed by atoms with E-state index in [2.05, 4.69) is 27.8 Å². The van der Waals surface area contributed by atoms with Gasteiger partial charge in [0.25, 0.3) is 0 Å². The molecule has 0 atom stereocenters. The summed E-state index contributed by atoms with van der Waals surface area (Å²) in [5, 5.41) is 19.9. The van der Waals surface area contributed by atoms with Crippen LogP contribution in [0.2, 0.25) is 5.15 Å². The summed E-state index contributed by atoms with van der Waals surface area (Å²) in [6.45, 7) is 4.49. The van der Waals surface area contributed by atoms with Gasteiger partial charge in [-0.25, -0.2) is 4.68 Å². The number of halogens is 1. The maximum absolute atomic E-state index is 10.8. The number of aryl methyl sites for hydroxylation is 2. The number of hydrazone groups is 1. The van der Waals surface area contributed by atoms with Crippen molar-refractivity contribution in [1.29, 1.82) is 0 Å². The summed E-state index contributed by atoms with van der Waals surface area (Å²) >= 11 is 6.46. The standard InChI is InChI=1S/C20H19ClN4O2/c1-13-3-5-15(6-4-13)12-25-19(21)18(14(2)24-25)11-22-23-17-9-7-16(8-10-17)20(26)27/h3-11,23H,12H2,1-2H3,(H,26,27)/p-1/b22-11-. The van der Waals surface area contributed by atoms with Crippen molar-refractivity contribution < 1.29 is 9.90 Å². The third-order valence-corrected chi connectivity index (χ3v) is 4.47. The first-order valence-electron chi connectivity index (χ1n) is 8.33. The average molecular weight is 382 g/mol. The minimum absolute atomic E-state index is 0.112. The number of carboxylic acid groups (broad SMARTS) is 1. The van der Waals surface area contributed by atoms with Gasteiger partial charge in [-0.05, 0) is 37.1 Å². The van der Waals surface area contributed by atoms with E-state index in [9.17, 15) is 9.90 Å². The molecule has 27 heavy (non-hydrogen) atoms. The Morgan fingerprint density at radius 1 is 1.19 bits per heavy atom. The highest BCUT2D eigenvalue weighted by atomic mass is 35.5. The lowest BCUT2D eigenvalue weighted by Crippen LogP contribution is -2.21. The lowest BCUT2D eigenvalue weighted by Gasteiger charge is -2.04. The Hall–Kier alpha value is -3.12. The van der Waals surface area contributed by atoms with Gasteiger partial charge in [0.05, 0.1) is 35.7 Å². The quantitative estimate of drug-likeness (QED) is 0.525. The Balaban J connectivity index is 1.71. The van der Waals surface area contributed by atoms with E-state index < -0.39 is 5.97 Å². The van der Waals surface area contributed by atoms with E-state index in [0.29, 0.717) is 17.4 Å². The zero-order chi connectivity index (χ0) is 19.4. The molecule has 0 saturated carbocycles. The van der Waals surface area contributed by atoms with Crippen LogP contribution in [0.15, 0.2) is 53.6 Å². The molecule has 0 spiro atoms. The molecule has 7 heteroatoms. The van der Waals surface area contributed by atoms with Crippen molar-refractivity contribution >= 4 is 29.5 Å². The van der Waals surface area contributed by atoms with Crippen LogP contribution >= 0.6 is 11.6 Å². The molecule has 0 amide bonds. The average Bonchev–Trinajstić information content (AvgIpc) is 2.91. The Kier molecular flexibility index (Phi) is 5.57. The normalized spacial score (nSPS) is 11.1. The molecule has 0 saturated heterocycles. The Bertz CT molecular complexity index is 976. The van der Waals surface area contributed by atoms with Crippen LogP contribution < -0.4 is 10.5 Å². The van der Waals surface area contributed by atoms with Crippen LogP contribution in [-0.2, 0) is 6.54 Å². The van der Waals surface area contributed by atoms with Gasteiger partial charge in [0.1, 0.15) is 5.15 Å². The molecule has 0 radical (unpaired) electrons. The summed E-state index contributed by atoms with van der Waals surface area (Å²) in [6.07, 6.45) is 1.60. The molecule has 6 nitrogen and oxygen atoms in total. The molecule has 3 aromatic rings. The van der Waals surface area contributed by atoms with Crippen LogP contribution in [0.1, 0.15) is 32.7 Å². The second-order valence-electron chi connectivity index (χ2n) is 6.17. The summed E-state index contributed by atoms with van der Waals surface area (Å²) in [7, 11) is 0. The number of anilines is 1. The van der Waals surface area contributed by atoms with E-state index in [0.717, 1.165) is 16.8 Å². The highest BCUT2D eigenvalue weighted by Crippen LogP contribution is 2.19. The molecule has 1 aromatic heterocycles. The van der Waals surface area contributed by atoms with E-state index >= 15 is 0 Å². The Morgan fingerprint density at radius 2 is 1.85 bits per heavy atom. The maximum Gasteiger partial charge on any atom is 0.136 e. The minimum Gasteiger partial charge on any atom is -0.545 e. The molecule has 0 bridgehead atoms. The largest absolute Gasteiger partial charge is 0.545 e. The molecule has 2 aromatic carbocycles. The van der Waals surface area contributed by atoms with E-state index in [-0.39, 0.29) is 5.56 Å². The number of hydrogen-bond acceptors (Lipinski definition) is 5. The zero-order valence-corrected chi connectivity index (χ0v) is 15.7. The van der Waals surface area contributed by atoms with Crippen molar-refractivity contribution in [3.8, 4) is 0 Å². The van der Waals surface area contributed by atoms with Crippen molar-refractivity contribution in [3.63, 3.8) is 0 Å². The molecule has 138 valence electrons. The van der Waals surface area contributed by atoms with Gasteiger partial charge in [-0.1, -0.05) is 53.6 Å². The highest BCUT2D eigenvalue weighted by Gasteiger charge is 2.12. The van der Waals surface area contributed by atoms with Gasteiger partial charge >= 0.3 is 0 Å². The lowest BCUT2D eigenvalue weighted by molar-refractivity contribution is -0.255. The van der Waals surface area contributed by atoms with Crippen LogP contribution in [0.5, 0.6) is 0 Å². The van der Waals surface area contributed by atoms with Gasteiger partial charge in [0, 0.05) is 0 Å². The van der Waals surface area contributed by atoms with E-state index in [1.54, 1.807) is 23.0 Å². The molecule has 0 unspecified atom stereocenters. The van der Waals surface area contributed by atoms with Crippen molar-refractivity contribution in [3.05, 3.63) is 81.6 Å². The summed E-state index contributed by atoms with van der Waals surface area (Å²) in [4.78, 5) is 10.8. The van der Waals surface area contributed by atoms with Gasteiger partial charge in [0.15, 0.2) is 0 Å². The fourth-order valence-corrected chi connectivity index (χ4v) is 2.82. The summed E-state index contributed by atoms with van der Waals surface area (Å²) in [5.41, 5.74) is 7.41. The molecule has 1 N–H and O–H groups in total. The topological polar surface area (TPSA) is 82.3 Å². The SMILES string of the molecule is Cc1ccc(Cn2nc(C)c(/C=N\Nc3ccc(C(=O)[O-])cc3)c2Cl)cc1. The molecular formula is C20H18ClN4O2-. The van der Waals surface area contributed by atoms with Crippen molar-refractivity contribution in [2.24, 2.45) is 5.10 Å². The number of hydrogen-bond donors (Lipinski definition) is 1. The van der Waals surface area contributed by atoms with Crippen LogP contribution in [0.25, 0.3) is 0 Å². The van der Waals surface area contributed by atoms with E-state index in [1.165, 1.54) is 17.7 Å².